The van der Waals surface area contributed by atoms with E-state index in [0.29, 0.717) is 0 Å². The topological polar surface area (TPSA) is 24.9 Å². The van der Waals surface area contributed by atoms with Crippen LogP contribution in [0, 0.1) is 0 Å². The van der Waals surface area contributed by atoms with Gasteiger partial charge < -0.3 is 19.3 Å². The summed E-state index contributed by atoms with van der Waals surface area (Å²) in [6.45, 7) is 7.30. The lowest BCUT2D eigenvalue weighted by Crippen LogP contribution is -2.26. The van der Waals surface area contributed by atoms with Crippen molar-refractivity contribution in [1.29, 1.82) is 0 Å². The van der Waals surface area contributed by atoms with Crippen LogP contribution in [0.25, 0.3) is 66.8 Å². The lowest BCUT2D eigenvalue weighted by molar-refractivity contribution is 0.414. The molecule has 5 aliphatic rings. The van der Waals surface area contributed by atoms with E-state index in [4.69, 9.17) is 9.47 Å². The van der Waals surface area contributed by atoms with Gasteiger partial charge in [-0.25, -0.2) is 0 Å². The molecule has 0 N–H and O–H groups in total. The molecule has 98 heavy (non-hydrogen) atoms. The Hall–Kier alpha value is -11.7. The molecule has 0 fully saturated rings. The van der Waals surface area contributed by atoms with Gasteiger partial charge >= 0.3 is 0 Å². The molecule has 0 saturated heterocycles. The second-order valence-electron chi connectivity index (χ2n) is 28.1. The van der Waals surface area contributed by atoms with E-state index in [9.17, 15) is 0 Å². The monoisotopic (exact) mass is 1260 g/mol. The van der Waals surface area contributed by atoms with E-state index in [1.807, 2.05) is 0 Å². The molecule has 2 spiro atoms. The highest BCUT2D eigenvalue weighted by Crippen LogP contribution is 2.66. The van der Waals surface area contributed by atoms with Crippen molar-refractivity contribution in [2.45, 2.75) is 48.9 Å². The second-order valence-corrected chi connectivity index (χ2v) is 28.1. The molecule has 0 bridgehead atoms. The van der Waals surface area contributed by atoms with Gasteiger partial charge in [0.1, 0.15) is 11.5 Å². The highest BCUT2D eigenvalue weighted by Gasteiger charge is 2.54. The molecule has 19 rings (SSSR count). The number of ether oxygens (including phenoxy) is 2. The van der Waals surface area contributed by atoms with Crippen molar-refractivity contribution in [3.8, 4) is 78.3 Å². The van der Waals surface area contributed by atoms with Crippen LogP contribution in [0.15, 0.2) is 322 Å². The predicted octanol–water partition coefficient (Wildman–Crippen LogP) is 23.7. The summed E-state index contributed by atoms with van der Waals surface area (Å²) in [5.41, 5.74) is 35.1. The molecule has 0 aromatic heterocycles. The van der Waals surface area contributed by atoms with Crippen molar-refractivity contribution in [3.05, 3.63) is 383 Å². The molecule has 0 heterocycles. The Morgan fingerprint density at radius 2 is 0.531 bits per heavy atom. The number of anilines is 6. The molecule has 0 amide bonds. The number of methoxy groups -OCH3 is 2. The van der Waals surface area contributed by atoms with Crippen LogP contribution in [0.4, 0.5) is 34.1 Å². The Labute approximate surface area is 574 Å². The molecule has 0 aliphatic heterocycles. The summed E-state index contributed by atoms with van der Waals surface area (Å²) in [6.07, 6.45) is 1.00. The van der Waals surface area contributed by atoms with Crippen LogP contribution in [0.2, 0.25) is 0 Å². The van der Waals surface area contributed by atoms with E-state index in [-0.39, 0.29) is 10.8 Å². The summed E-state index contributed by atoms with van der Waals surface area (Å²) >= 11 is 0. The Morgan fingerprint density at radius 1 is 0.245 bits per heavy atom. The average molecular weight is 1260 g/mol. The van der Waals surface area contributed by atoms with Crippen LogP contribution in [-0.2, 0) is 21.7 Å². The number of nitrogens with zero attached hydrogens (tertiary/aromatic N) is 2. The van der Waals surface area contributed by atoms with Gasteiger partial charge in [-0.1, -0.05) is 239 Å². The maximum atomic E-state index is 5.72. The largest absolute Gasteiger partial charge is 0.497 e. The highest BCUT2D eigenvalue weighted by atomic mass is 16.5. The first kappa shape index (κ1) is 57.7. The SMILES string of the molecule is COc1ccc(N(c2ccc(-c3ccc(C4(C)CC(C)(C)c5ccc(-c6ccc(N(c7ccc(OC)cc7)c7ccc8c(c7)C7(c9ccccc9-c9ccccc97)c7ccccc7-8)cc6)cc54)cc3)cc2)c2ccc3c(c2)C2(c4ccccc4-c4ccccc42)c2ccccc2-3)cc1. The minimum Gasteiger partial charge on any atom is -0.497 e. The molecule has 4 nitrogen and oxygen atoms in total. The molecule has 4 heteroatoms. The normalized spacial score (nSPS) is 15.8. The zero-order chi connectivity index (χ0) is 65.7. The Bertz CT molecular complexity index is 5420. The molecule has 1 unspecified atom stereocenters. The van der Waals surface area contributed by atoms with Gasteiger partial charge in [0.05, 0.1) is 25.0 Å². The quantitative estimate of drug-likeness (QED) is 0.129. The van der Waals surface area contributed by atoms with E-state index < -0.39 is 10.8 Å². The molecule has 0 radical (unpaired) electrons. The predicted molar refractivity (Wildman–Crippen MR) is 403 cm³/mol. The van der Waals surface area contributed by atoms with Crippen molar-refractivity contribution in [2.75, 3.05) is 24.0 Å². The van der Waals surface area contributed by atoms with E-state index in [0.717, 1.165) is 52.0 Å². The van der Waals surface area contributed by atoms with Gasteiger partial charge in [-0.15, -0.1) is 0 Å². The van der Waals surface area contributed by atoms with Crippen molar-refractivity contribution >= 4 is 34.1 Å². The van der Waals surface area contributed by atoms with E-state index in [1.165, 1.54) is 128 Å². The molecule has 468 valence electrons. The van der Waals surface area contributed by atoms with E-state index in [1.54, 1.807) is 14.2 Å². The first-order valence-corrected chi connectivity index (χ1v) is 34.3. The van der Waals surface area contributed by atoms with Crippen molar-refractivity contribution in [1.82, 2.24) is 0 Å². The first-order chi connectivity index (χ1) is 48.1. The Kier molecular flexibility index (Phi) is 12.7. The number of hydrogen-bond acceptors (Lipinski definition) is 4. The van der Waals surface area contributed by atoms with Gasteiger partial charge in [0.25, 0.3) is 0 Å². The number of benzene rings is 14. The number of rotatable bonds is 11. The fraction of sp³-hybridized carbons (Fsp3) is 0.106. The standard InChI is InChI=1S/C94H70N2O2/c1-91(2)59-92(3,64-37-30-60(31-38-64)61-32-39-65(40-33-61)95(67-43-49-71(97-4)50-44-67)69-47-53-79-77-22-10-16-28-85(77)93(88(79)57-69)81-24-12-6-18-73(81)74-19-7-13-25-82(74)93)90-56-63(36-55-87(90)91)62-34-41-66(42-35-62)96(68-45-51-72(98-5)52-46-68)70-48-54-80-78-23-11-17-29-86(78)94(89(80)58-70)83-26-14-8-20-75(83)76-21-9-15-27-84(76)94/h6-58H,59H2,1-5H3. The average Bonchev–Trinajstić information content (AvgIpc) is 1.52. The van der Waals surface area contributed by atoms with Gasteiger partial charge in [-0.3, -0.25) is 0 Å². The fourth-order valence-corrected chi connectivity index (χ4v) is 18.5. The van der Waals surface area contributed by atoms with Gasteiger partial charge in [0, 0.05) is 39.5 Å². The summed E-state index contributed by atoms with van der Waals surface area (Å²) in [4.78, 5) is 4.80. The Morgan fingerprint density at radius 3 is 0.878 bits per heavy atom. The molecular formula is C94H70N2O2. The van der Waals surface area contributed by atoms with Crippen LogP contribution in [0.5, 0.6) is 11.5 Å². The minimum absolute atomic E-state index is 0.0243. The van der Waals surface area contributed by atoms with Gasteiger partial charge in [-0.05, 0) is 243 Å². The lowest BCUT2D eigenvalue weighted by Gasteiger charge is -2.32. The molecule has 1 atom stereocenters. The van der Waals surface area contributed by atoms with Crippen LogP contribution >= 0.6 is 0 Å². The molecule has 5 aliphatic carbocycles. The van der Waals surface area contributed by atoms with Crippen LogP contribution in [0.1, 0.15) is 88.4 Å². The second kappa shape index (κ2) is 21.6. The number of hydrogen-bond donors (Lipinski definition) is 0. The Balaban J connectivity index is 0.644. The lowest BCUT2D eigenvalue weighted by atomic mass is 9.70. The van der Waals surface area contributed by atoms with Crippen LogP contribution < -0.4 is 19.3 Å². The first-order valence-electron chi connectivity index (χ1n) is 34.3. The zero-order valence-electron chi connectivity index (χ0n) is 55.5. The van der Waals surface area contributed by atoms with Crippen molar-refractivity contribution in [2.24, 2.45) is 0 Å². The maximum Gasteiger partial charge on any atom is 0.119 e. The molecule has 14 aromatic rings. The number of fused-ring (bicyclic) bond motifs is 21. The third-order valence-corrected chi connectivity index (χ3v) is 22.7. The molecular weight excluding hydrogens is 1190 g/mol. The van der Waals surface area contributed by atoms with E-state index >= 15 is 0 Å². The summed E-state index contributed by atoms with van der Waals surface area (Å²) < 4.78 is 11.4. The molecule has 14 aromatic carbocycles. The van der Waals surface area contributed by atoms with Crippen LogP contribution in [0.3, 0.4) is 0 Å². The zero-order valence-corrected chi connectivity index (χ0v) is 55.5. The van der Waals surface area contributed by atoms with Crippen molar-refractivity contribution in [3.63, 3.8) is 0 Å². The molecule has 0 saturated carbocycles. The highest BCUT2D eigenvalue weighted by molar-refractivity contribution is 5.99. The minimum atomic E-state index is -0.457. The summed E-state index contributed by atoms with van der Waals surface area (Å²) in [5.74, 6) is 1.65. The fourth-order valence-electron chi connectivity index (χ4n) is 18.5. The van der Waals surface area contributed by atoms with Gasteiger partial charge in [0.2, 0.25) is 0 Å². The third-order valence-electron chi connectivity index (χ3n) is 22.7. The summed E-state index contributed by atoms with van der Waals surface area (Å²) in [6, 6.07) is 120. The smallest absolute Gasteiger partial charge is 0.119 e. The summed E-state index contributed by atoms with van der Waals surface area (Å²) in [5, 5.41) is 0. The third kappa shape index (κ3) is 8.18. The van der Waals surface area contributed by atoms with Crippen LogP contribution in [-0.4, -0.2) is 14.2 Å². The maximum absolute atomic E-state index is 5.72. The van der Waals surface area contributed by atoms with Crippen molar-refractivity contribution < 1.29 is 9.47 Å². The summed E-state index contributed by atoms with van der Waals surface area (Å²) in [7, 11) is 3.46. The van der Waals surface area contributed by atoms with Gasteiger partial charge in [0.15, 0.2) is 0 Å². The van der Waals surface area contributed by atoms with Gasteiger partial charge in [-0.2, -0.15) is 0 Å². The van der Waals surface area contributed by atoms with E-state index in [2.05, 4.69) is 352 Å².